The molecule has 16 heteroatoms. The fraction of sp³-hybridized carbons (Fsp3) is 0.921. The molecule has 5 aliphatic rings. The monoisotopic (exact) mass is 772 g/mol. The predicted octanol–water partition coefficient (Wildman–Crippen LogP) is 3.27. The SMILES string of the molecule is CC[C@H]1OC(=O)[C@H](C)[C@@H](O[C@H]2C[C@@](C)(OC)[C@@H](O)[C@H](C)O2)[C@H](C)[C@@H](O[C@@H]2O[C@H](C)C[C@H]3[C@H]2OC(=O)N3C)[C@](C)(O)C[C@@H](C)CN[C@H](C)[C@H]2OC(=O)O[C@@]21C. The number of nitrogens with zero attached hydrogens (tertiary/aromatic N) is 1. The van der Waals surface area contributed by atoms with Crippen LogP contribution in [0.4, 0.5) is 9.59 Å². The van der Waals surface area contributed by atoms with E-state index in [1.54, 1.807) is 46.6 Å². The fourth-order valence-electron chi connectivity index (χ4n) is 9.30. The van der Waals surface area contributed by atoms with Gasteiger partial charge >= 0.3 is 18.2 Å². The molecule has 5 fully saturated rings. The maximum atomic E-state index is 14.4. The summed E-state index contributed by atoms with van der Waals surface area (Å²) in [5, 5.41) is 27.0. The molecule has 0 spiro atoms. The number of fused-ring (bicyclic) bond motifs is 2. The Labute approximate surface area is 319 Å². The van der Waals surface area contributed by atoms with E-state index in [9.17, 15) is 24.6 Å². The molecule has 0 aliphatic carbocycles. The molecule has 18 atom stereocenters. The summed E-state index contributed by atoms with van der Waals surface area (Å²) >= 11 is 0. The van der Waals surface area contributed by atoms with E-state index in [2.05, 4.69) is 5.32 Å². The van der Waals surface area contributed by atoms with Crippen molar-refractivity contribution in [2.24, 2.45) is 17.8 Å². The second kappa shape index (κ2) is 16.3. The van der Waals surface area contributed by atoms with Crippen molar-refractivity contribution in [1.82, 2.24) is 10.2 Å². The first-order valence-electron chi connectivity index (χ1n) is 19.5. The Kier molecular flexibility index (Phi) is 12.9. The van der Waals surface area contributed by atoms with Crippen LogP contribution >= 0.6 is 0 Å². The normalized spacial score (nSPS) is 49.4. The standard InChI is InChI=1S/C38H64N2O14/c1-13-25-38(10)31(53-35(44)54-38)22(6)39-17-18(2)15-36(8,45)30(52-33-28-24(14-19(3)47-33)40(11)34(43)51-28)20(4)27(21(5)32(42)49-25)50-26-16-37(9,46-12)29(41)23(7)48-26/h18-31,33,39,41,45H,13-17H2,1-12H3/t18-,19-,20+,21-,22-,23+,24+,25-,26+,27+,28-,29+,30-,31-,33+,36-,37-,38-/m1/s1. The lowest BCUT2D eigenvalue weighted by atomic mass is 9.77. The minimum Gasteiger partial charge on any atom is -0.458 e. The van der Waals surface area contributed by atoms with E-state index in [1.165, 1.54) is 7.11 Å². The first kappa shape index (κ1) is 42.8. The van der Waals surface area contributed by atoms with Crippen LogP contribution in [0.2, 0.25) is 0 Å². The molecule has 0 radical (unpaired) electrons. The van der Waals surface area contributed by atoms with E-state index >= 15 is 0 Å². The number of hydrogen-bond donors (Lipinski definition) is 3. The first-order valence-corrected chi connectivity index (χ1v) is 19.5. The molecular formula is C38H64N2O14. The van der Waals surface area contributed by atoms with Crippen LogP contribution in [0.25, 0.3) is 0 Å². The molecule has 0 saturated carbocycles. The van der Waals surface area contributed by atoms with Gasteiger partial charge in [0.05, 0.1) is 47.6 Å². The second-order valence-corrected chi connectivity index (χ2v) is 17.1. The summed E-state index contributed by atoms with van der Waals surface area (Å²) < 4.78 is 55.2. The number of aliphatic hydroxyl groups excluding tert-OH is 1. The Morgan fingerprint density at radius 1 is 0.963 bits per heavy atom. The largest absolute Gasteiger partial charge is 0.509 e. The number of aliphatic hydroxyl groups is 2. The van der Waals surface area contributed by atoms with Gasteiger partial charge in [-0.1, -0.05) is 20.8 Å². The van der Waals surface area contributed by atoms with Crippen molar-refractivity contribution >= 4 is 18.2 Å². The van der Waals surface area contributed by atoms with Gasteiger partial charge < -0.3 is 63.1 Å². The van der Waals surface area contributed by atoms with Gasteiger partial charge in [-0.25, -0.2) is 9.59 Å². The fourth-order valence-corrected chi connectivity index (χ4v) is 9.30. The van der Waals surface area contributed by atoms with Gasteiger partial charge in [0.15, 0.2) is 30.4 Å². The molecule has 5 saturated heterocycles. The molecule has 0 bridgehead atoms. The van der Waals surface area contributed by atoms with Crippen molar-refractivity contribution in [2.45, 2.75) is 185 Å². The van der Waals surface area contributed by atoms with Crippen LogP contribution < -0.4 is 5.32 Å². The number of rotatable bonds is 6. The average Bonchev–Trinajstić information content (AvgIpc) is 3.58. The number of cyclic esters (lactones) is 1. The summed E-state index contributed by atoms with van der Waals surface area (Å²) in [6.07, 6.45) is -8.56. The Morgan fingerprint density at radius 2 is 1.65 bits per heavy atom. The number of nitrogens with one attached hydrogen (secondary N) is 1. The maximum Gasteiger partial charge on any atom is 0.509 e. The van der Waals surface area contributed by atoms with Gasteiger partial charge in [-0.2, -0.15) is 0 Å². The lowest BCUT2D eigenvalue weighted by Gasteiger charge is -2.48. The quantitative estimate of drug-likeness (QED) is 0.263. The molecule has 5 aliphatic heterocycles. The van der Waals surface area contributed by atoms with Crippen LogP contribution in [0, 0.1) is 17.8 Å². The minimum absolute atomic E-state index is 0.127. The van der Waals surface area contributed by atoms with Crippen LogP contribution in [0.1, 0.15) is 94.9 Å². The highest BCUT2D eigenvalue weighted by molar-refractivity contribution is 5.73. The highest BCUT2D eigenvalue weighted by Crippen LogP contribution is 2.42. The maximum absolute atomic E-state index is 14.4. The van der Waals surface area contributed by atoms with Gasteiger partial charge in [-0.05, 0) is 80.2 Å². The van der Waals surface area contributed by atoms with Crippen molar-refractivity contribution in [3.8, 4) is 0 Å². The molecule has 5 rings (SSSR count). The number of esters is 1. The van der Waals surface area contributed by atoms with E-state index < -0.39 is 108 Å². The van der Waals surface area contributed by atoms with Crippen LogP contribution in [0.3, 0.4) is 0 Å². The van der Waals surface area contributed by atoms with Crippen molar-refractivity contribution in [1.29, 1.82) is 0 Å². The van der Waals surface area contributed by atoms with E-state index in [1.807, 2.05) is 34.6 Å². The molecular weight excluding hydrogens is 708 g/mol. The van der Waals surface area contributed by atoms with Gasteiger partial charge in [0, 0.05) is 32.5 Å². The zero-order valence-electron chi connectivity index (χ0n) is 33.9. The summed E-state index contributed by atoms with van der Waals surface area (Å²) in [5.74, 6) is -2.54. The van der Waals surface area contributed by atoms with Crippen molar-refractivity contribution in [2.75, 3.05) is 20.7 Å². The molecule has 0 aromatic heterocycles. The molecule has 3 N–H and O–H groups in total. The van der Waals surface area contributed by atoms with E-state index in [4.69, 9.17) is 42.6 Å². The predicted molar refractivity (Wildman–Crippen MR) is 191 cm³/mol. The Balaban J connectivity index is 1.57. The van der Waals surface area contributed by atoms with Crippen LogP contribution in [0.15, 0.2) is 0 Å². The number of likely N-dealkylation sites (N-methyl/N-ethyl adjacent to an activating group) is 1. The number of carbonyl (C=O) groups is 3. The number of ether oxygens (including phenoxy) is 9. The summed E-state index contributed by atoms with van der Waals surface area (Å²) in [7, 11) is 3.19. The number of carbonyl (C=O) groups excluding carboxylic acids is 3. The Morgan fingerprint density at radius 3 is 2.30 bits per heavy atom. The van der Waals surface area contributed by atoms with E-state index in [0.29, 0.717) is 19.4 Å². The van der Waals surface area contributed by atoms with Gasteiger partial charge in [0.2, 0.25) is 0 Å². The lowest BCUT2D eigenvalue weighted by Crippen LogP contribution is -2.60. The minimum atomic E-state index is -1.56. The zero-order valence-corrected chi connectivity index (χ0v) is 33.9. The molecule has 16 nitrogen and oxygen atoms in total. The highest BCUT2D eigenvalue weighted by atomic mass is 16.8. The first-order chi connectivity index (χ1) is 25.1. The van der Waals surface area contributed by atoms with E-state index in [0.717, 1.165) is 0 Å². The number of methoxy groups -OCH3 is 1. The number of amides is 1. The van der Waals surface area contributed by atoms with Crippen LogP contribution in [0.5, 0.6) is 0 Å². The molecule has 1 amide bonds. The molecule has 0 unspecified atom stereocenters. The zero-order chi connectivity index (χ0) is 40.1. The second-order valence-electron chi connectivity index (χ2n) is 17.1. The summed E-state index contributed by atoms with van der Waals surface area (Å²) in [6.45, 7) is 18.4. The van der Waals surface area contributed by atoms with E-state index in [-0.39, 0.29) is 30.9 Å². The molecule has 0 aromatic rings. The molecule has 0 aromatic carbocycles. The third kappa shape index (κ3) is 8.36. The third-order valence-electron chi connectivity index (χ3n) is 12.5. The summed E-state index contributed by atoms with van der Waals surface area (Å²) in [5.41, 5.74) is -3.91. The van der Waals surface area contributed by atoms with Crippen molar-refractivity contribution in [3.05, 3.63) is 0 Å². The van der Waals surface area contributed by atoms with Gasteiger partial charge in [-0.3, -0.25) is 4.79 Å². The molecule has 54 heavy (non-hydrogen) atoms. The smallest absolute Gasteiger partial charge is 0.458 e. The van der Waals surface area contributed by atoms with Crippen molar-refractivity contribution < 1.29 is 67.2 Å². The van der Waals surface area contributed by atoms with Gasteiger partial charge in [-0.15, -0.1) is 0 Å². The van der Waals surface area contributed by atoms with Crippen molar-refractivity contribution in [3.63, 3.8) is 0 Å². The van der Waals surface area contributed by atoms with Gasteiger partial charge in [0.1, 0.15) is 12.2 Å². The third-order valence-corrected chi connectivity index (χ3v) is 12.5. The Hall–Kier alpha value is -2.31. The lowest BCUT2D eigenvalue weighted by molar-refractivity contribution is -0.314. The Bertz CT molecular complexity index is 1350. The number of hydrogen-bond acceptors (Lipinski definition) is 15. The highest BCUT2D eigenvalue weighted by Gasteiger charge is 2.58. The average molecular weight is 773 g/mol. The molecule has 5 heterocycles. The van der Waals surface area contributed by atoms with Crippen LogP contribution in [-0.4, -0.2) is 144 Å². The topological polar surface area (TPSA) is 190 Å². The summed E-state index contributed by atoms with van der Waals surface area (Å²) in [4.78, 5) is 41.3. The molecule has 310 valence electrons. The van der Waals surface area contributed by atoms with Crippen LogP contribution in [-0.2, 0) is 47.4 Å². The summed E-state index contributed by atoms with van der Waals surface area (Å²) in [6, 6.07) is -0.720. The van der Waals surface area contributed by atoms with Gasteiger partial charge in [0.25, 0.3) is 0 Å².